The summed E-state index contributed by atoms with van der Waals surface area (Å²) in [5.41, 5.74) is -0.253. The molecule has 0 saturated carbocycles. The summed E-state index contributed by atoms with van der Waals surface area (Å²) < 4.78 is 40.0. The second-order valence-electron chi connectivity index (χ2n) is 5.40. The van der Waals surface area contributed by atoms with Crippen LogP contribution in [0.25, 0.3) is 0 Å². The van der Waals surface area contributed by atoms with Crippen LogP contribution in [0.5, 0.6) is 0 Å². The Balaban J connectivity index is 1.98. The van der Waals surface area contributed by atoms with Crippen molar-refractivity contribution in [1.82, 2.24) is 9.78 Å². The van der Waals surface area contributed by atoms with E-state index in [1.165, 1.54) is 4.68 Å². The van der Waals surface area contributed by atoms with Crippen LogP contribution in [0.1, 0.15) is 11.4 Å². The molecule has 6 heteroatoms. The van der Waals surface area contributed by atoms with Crippen molar-refractivity contribution >= 4 is 18.5 Å². The number of halogens is 3. The second kappa shape index (κ2) is 6.78. The highest BCUT2D eigenvalue weighted by Gasteiger charge is 2.34. The quantitative estimate of drug-likeness (QED) is 0.650. The number of nitrogens with zero attached hydrogens (tertiary/aromatic N) is 2. The van der Waals surface area contributed by atoms with E-state index in [1.807, 2.05) is 60.7 Å². The van der Waals surface area contributed by atoms with Crippen LogP contribution in [0.3, 0.4) is 0 Å². The average Bonchev–Trinajstić information content (AvgIpc) is 2.95. The summed E-state index contributed by atoms with van der Waals surface area (Å²) in [5, 5.41) is 5.89. The van der Waals surface area contributed by atoms with Crippen LogP contribution in [0.2, 0.25) is 0 Å². The highest BCUT2D eigenvalue weighted by Crippen LogP contribution is 2.39. The molecule has 0 fully saturated rings. The smallest absolute Gasteiger partial charge is 0.272 e. The van der Waals surface area contributed by atoms with Crippen molar-refractivity contribution in [2.24, 2.45) is 7.05 Å². The van der Waals surface area contributed by atoms with E-state index in [-0.39, 0.29) is 0 Å². The number of hydrogen-bond donors (Lipinski definition) is 0. The molecule has 2 aromatic carbocycles. The zero-order valence-corrected chi connectivity index (χ0v) is 13.9. The fraction of sp³-hybridized carbons (Fsp3) is 0.167. The molecule has 3 rings (SSSR count). The number of benzene rings is 2. The van der Waals surface area contributed by atoms with Gasteiger partial charge in [0.15, 0.2) is 5.69 Å². The lowest BCUT2D eigenvalue weighted by molar-refractivity contribution is -0.141. The molecule has 0 amide bonds. The van der Waals surface area contributed by atoms with Gasteiger partial charge in [-0.1, -0.05) is 60.7 Å². The van der Waals surface area contributed by atoms with Gasteiger partial charge < -0.3 is 0 Å². The Morgan fingerprint density at radius 3 is 1.83 bits per heavy atom. The molecule has 3 aromatic rings. The van der Waals surface area contributed by atoms with Gasteiger partial charge in [-0.25, -0.2) is 0 Å². The van der Waals surface area contributed by atoms with E-state index in [4.69, 9.17) is 0 Å². The fourth-order valence-corrected chi connectivity index (χ4v) is 4.85. The first kappa shape index (κ1) is 16.7. The van der Waals surface area contributed by atoms with Gasteiger partial charge in [-0.05, 0) is 24.6 Å². The van der Waals surface area contributed by atoms with Crippen LogP contribution in [-0.4, -0.2) is 9.78 Å². The number of aryl methyl sites for hydroxylation is 1. The van der Waals surface area contributed by atoms with Crippen molar-refractivity contribution in [2.75, 3.05) is 0 Å². The van der Waals surface area contributed by atoms with Crippen LogP contribution in [0, 0.1) is 0 Å². The summed E-state index contributed by atoms with van der Waals surface area (Å²) >= 11 is 0. The van der Waals surface area contributed by atoms with Gasteiger partial charge in [0.1, 0.15) is 0 Å². The third kappa shape index (κ3) is 3.68. The molecule has 0 aliphatic heterocycles. The summed E-state index contributed by atoms with van der Waals surface area (Å²) in [4.78, 5) is 0. The van der Waals surface area contributed by atoms with Crippen molar-refractivity contribution in [3.63, 3.8) is 0 Å². The van der Waals surface area contributed by atoms with Crippen LogP contribution in [0.15, 0.2) is 66.7 Å². The molecule has 24 heavy (non-hydrogen) atoms. The predicted octanol–water partition coefficient (Wildman–Crippen LogP) is 4.07. The summed E-state index contributed by atoms with van der Waals surface area (Å²) in [7, 11) is 0.769. The molecule has 0 aliphatic rings. The van der Waals surface area contributed by atoms with E-state index in [2.05, 4.69) is 5.10 Å². The van der Waals surface area contributed by atoms with Crippen LogP contribution >= 0.6 is 7.92 Å². The second-order valence-corrected chi connectivity index (χ2v) is 7.60. The lowest BCUT2D eigenvalue weighted by atomic mass is 10.3. The average molecular weight is 348 g/mol. The van der Waals surface area contributed by atoms with E-state index in [0.717, 1.165) is 16.7 Å². The van der Waals surface area contributed by atoms with E-state index in [0.29, 0.717) is 11.9 Å². The zero-order valence-electron chi connectivity index (χ0n) is 13.0. The minimum Gasteiger partial charge on any atom is -0.272 e. The molecule has 1 aromatic heterocycles. The summed E-state index contributed by atoms with van der Waals surface area (Å²) in [5.74, 6) is 0. The van der Waals surface area contributed by atoms with Crippen molar-refractivity contribution in [2.45, 2.75) is 12.3 Å². The third-order valence-corrected chi connectivity index (χ3v) is 6.21. The highest BCUT2D eigenvalue weighted by molar-refractivity contribution is 7.72. The molecular weight excluding hydrogens is 332 g/mol. The molecule has 0 aliphatic carbocycles. The van der Waals surface area contributed by atoms with E-state index >= 15 is 0 Å². The molecule has 124 valence electrons. The summed E-state index contributed by atoms with van der Waals surface area (Å²) in [6.45, 7) is 0. The van der Waals surface area contributed by atoms with E-state index < -0.39 is 19.8 Å². The Bertz CT molecular complexity index is 759. The monoisotopic (exact) mass is 348 g/mol. The molecular formula is C18H16F3N2P. The van der Waals surface area contributed by atoms with Gasteiger partial charge >= 0.3 is 6.18 Å². The van der Waals surface area contributed by atoms with Gasteiger partial charge in [0, 0.05) is 18.9 Å². The molecule has 2 nitrogen and oxygen atoms in total. The minimum atomic E-state index is -4.42. The molecule has 0 saturated heterocycles. The Kier molecular flexibility index (Phi) is 4.72. The normalized spacial score (nSPS) is 11.9. The van der Waals surface area contributed by atoms with Crippen molar-refractivity contribution in [1.29, 1.82) is 0 Å². The lowest BCUT2D eigenvalue weighted by Gasteiger charge is -2.18. The predicted molar refractivity (Wildman–Crippen MR) is 91.0 cm³/mol. The number of hydrogen-bond acceptors (Lipinski definition) is 1. The summed E-state index contributed by atoms with van der Waals surface area (Å²) in [6.07, 6.45) is -3.90. The van der Waals surface area contributed by atoms with Gasteiger partial charge in [0.25, 0.3) is 0 Å². The maximum absolute atomic E-state index is 12.9. The zero-order chi connectivity index (χ0) is 17.2. The Hall–Kier alpha value is -2.13. The first-order valence-electron chi connectivity index (χ1n) is 7.43. The van der Waals surface area contributed by atoms with Crippen LogP contribution < -0.4 is 10.6 Å². The maximum atomic E-state index is 12.9. The van der Waals surface area contributed by atoms with Crippen LogP contribution in [-0.2, 0) is 19.4 Å². The van der Waals surface area contributed by atoms with Crippen molar-refractivity contribution < 1.29 is 13.2 Å². The molecule has 0 bridgehead atoms. The van der Waals surface area contributed by atoms with Crippen LogP contribution in [0.4, 0.5) is 13.2 Å². The molecule has 0 unspecified atom stereocenters. The Labute approximate surface area is 139 Å². The van der Waals surface area contributed by atoms with Gasteiger partial charge in [-0.3, -0.25) is 4.68 Å². The third-order valence-electron chi connectivity index (χ3n) is 3.72. The van der Waals surface area contributed by atoms with Gasteiger partial charge in [-0.15, -0.1) is 0 Å². The SMILES string of the molecule is Cn1nc(C(F)(F)F)cc1CP(c1ccccc1)c1ccccc1. The van der Waals surface area contributed by atoms with Gasteiger partial charge in [0.05, 0.1) is 0 Å². The first-order chi connectivity index (χ1) is 11.4. The standard InChI is InChI=1S/C18H16F3N2P/c1-23-14(12-17(22-23)18(19,20)21)13-24(15-8-4-2-5-9-15)16-10-6-3-7-11-16/h2-12H,13H2,1H3. The van der Waals surface area contributed by atoms with Crippen molar-refractivity contribution in [3.05, 3.63) is 78.1 Å². The molecule has 1 heterocycles. The number of rotatable bonds is 4. The topological polar surface area (TPSA) is 17.8 Å². The summed E-state index contributed by atoms with van der Waals surface area (Å²) in [6, 6.07) is 21.0. The molecule has 0 spiro atoms. The van der Waals surface area contributed by atoms with Gasteiger partial charge in [0.2, 0.25) is 0 Å². The lowest BCUT2D eigenvalue weighted by Crippen LogP contribution is -2.14. The fourth-order valence-electron chi connectivity index (χ4n) is 2.50. The molecule has 0 radical (unpaired) electrons. The van der Waals surface area contributed by atoms with E-state index in [9.17, 15) is 13.2 Å². The van der Waals surface area contributed by atoms with Gasteiger partial charge in [-0.2, -0.15) is 18.3 Å². The number of aromatic nitrogens is 2. The van der Waals surface area contributed by atoms with Crippen molar-refractivity contribution in [3.8, 4) is 0 Å². The maximum Gasteiger partial charge on any atom is 0.435 e. The first-order valence-corrected chi connectivity index (χ1v) is 8.95. The molecule has 0 atom stereocenters. The van der Waals surface area contributed by atoms with E-state index in [1.54, 1.807) is 7.05 Å². The minimum absolute atomic E-state index is 0.517. The Morgan fingerprint density at radius 1 is 0.917 bits per heavy atom. The Morgan fingerprint density at radius 2 is 1.42 bits per heavy atom. The largest absolute Gasteiger partial charge is 0.435 e. The highest BCUT2D eigenvalue weighted by atomic mass is 31.1. The number of alkyl halides is 3. The molecule has 0 N–H and O–H groups in total.